The Morgan fingerprint density at radius 2 is 1.70 bits per heavy atom. The number of hydrogen-bond acceptors (Lipinski definition) is 3. The van der Waals surface area contributed by atoms with E-state index in [1.54, 1.807) is 19.9 Å². The van der Waals surface area contributed by atoms with Gasteiger partial charge in [0.15, 0.2) is 0 Å². The fourth-order valence-electron chi connectivity index (χ4n) is 0.516. The van der Waals surface area contributed by atoms with E-state index in [2.05, 4.69) is 0 Å². The van der Waals surface area contributed by atoms with E-state index >= 15 is 0 Å². The lowest BCUT2D eigenvalue weighted by molar-refractivity contribution is 1.44. The molecule has 3 heteroatoms. The van der Waals surface area contributed by atoms with E-state index in [0.29, 0.717) is 11.3 Å². The van der Waals surface area contributed by atoms with Crippen molar-refractivity contribution in [2.75, 3.05) is 0 Å². The number of hydrogen-bond donors (Lipinski definition) is 3. The largest absolute Gasteiger partial charge is 0.307 e. The van der Waals surface area contributed by atoms with Gasteiger partial charge in [0, 0.05) is 11.9 Å². The van der Waals surface area contributed by atoms with Crippen molar-refractivity contribution < 1.29 is 0 Å². The molecule has 0 heterocycles. The highest BCUT2D eigenvalue weighted by atomic mass is 14.5. The maximum atomic E-state index is 7.13. The second-order valence-electron chi connectivity index (χ2n) is 2.07. The quantitative estimate of drug-likeness (QED) is 0.495. The summed E-state index contributed by atoms with van der Waals surface area (Å²) in [4.78, 5) is 0. The predicted molar refractivity (Wildman–Crippen MR) is 43.7 cm³/mol. The van der Waals surface area contributed by atoms with Gasteiger partial charge in [0.1, 0.15) is 0 Å². The molecular formula is C7H11N3. The van der Waals surface area contributed by atoms with Crippen molar-refractivity contribution in [3.8, 4) is 0 Å². The molecule has 0 atom stereocenters. The summed E-state index contributed by atoms with van der Waals surface area (Å²) in [6, 6.07) is 0. The van der Waals surface area contributed by atoms with E-state index in [4.69, 9.17) is 16.2 Å². The standard InChI is InChI=1S/C7H11N3/c1-5(3-6(2)9)7(10)4-8/h3-4,8-10H,1-2H3/b5-3+,8-4?,9-6?,10-7?. The van der Waals surface area contributed by atoms with Crippen molar-refractivity contribution in [1.29, 1.82) is 16.2 Å². The van der Waals surface area contributed by atoms with Crippen LogP contribution in [0.4, 0.5) is 0 Å². The Balaban J connectivity index is 4.33. The van der Waals surface area contributed by atoms with Gasteiger partial charge in [-0.25, -0.2) is 0 Å². The molecule has 0 aliphatic carbocycles. The molecule has 3 N–H and O–H groups in total. The smallest absolute Gasteiger partial charge is 0.0745 e. The van der Waals surface area contributed by atoms with Crippen molar-refractivity contribution in [3.05, 3.63) is 11.6 Å². The highest BCUT2D eigenvalue weighted by molar-refractivity contribution is 6.36. The van der Waals surface area contributed by atoms with E-state index in [1.165, 1.54) is 0 Å². The first kappa shape index (κ1) is 8.75. The lowest BCUT2D eigenvalue weighted by Gasteiger charge is -1.94. The first-order chi connectivity index (χ1) is 4.57. The Morgan fingerprint density at radius 3 is 2.00 bits per heavy atom. The van der Waals surface area contributed by atoms with Crippen LogP contribution in [0.2, 0.25) is 0 Å². The third-order valence-electron chi connectivity index (χ3n) is 1.00. The molecule has 0 amide bonds. The molecule has 0 bridgehead atoms. The zero-order chi connectivity index (χ0) is 8.15. The molecule has 10 heavy (non-hydrogen) atoms. The van der Waals surface area contributed by atoms with Crippen LogP contribution in [0.3, 0.4) is 0 Å². The van der Waals surface area contributed by atoms with E-state index < -0.39 is 0 Å². The second-order valence-corrected chi connectivity index (χ2v) is 2.07. The number of allylic oxidation sites excluding steroid dienone is 2. The average molecular weight is 137 g/mol. The van der Waals surface area contributed by atoms with Crippen molar-refractivity contribution >= 4 is 17.6 Å². The van der Waals surface area contributed by atoms with Crippen LogP contribution in [0, 0.1) is 16.2 Å². The summed E-state index contributed by atoms with van der Waals surface area (Å²) in [5, 5.41) is 20.9. The Labute approximate surface area is 60.3 Å². The van der Waals surface area contributed by atoms with Gasteiger partial charge >= 0.3 is 0 Å². The molecule has 3 nitrogen and oxygen atoms in total. The molecule has 0 aliphatic rings. The van der Waals surface area contributed by atoms with Crippen LogP contribution in [0.25, 0.3) is 0 Å². The van der Waals surface area contributed by atoms with Crippen LogP contribution in [0.1, 0.15) is 13.8 Å². The molecule has 0 spiro atoms. The van der Waals surface area contributed by atoms with E-state index in [-0.39, 0.29) is 5.71 Å². The molecule has 0 radical (unpaired) electrons. The zero-order valence-corrected chi connectivity index (χ0v) is 6.15. The summed E-state index contributed by atoms with van der Waals surface area (Å²) in [7, 11) is 0. The molecule has 0 saturated heterocycles. The van der Waals surface area contributed by atoms with Gasteiger partial charge in [0.05, 0.1) is 5.71 Å². The third kappa shape index (κ3) is 2.91. The van der Waals surface area contributed by atoms with E-state index in [0.717, 1.165) is 6.21 Å². The minimum absolute atomic E-state index is 0.159. The summed E-state index contributed by atoms with van der Waals surface area (Å²) >= 11 is 0. The van der Waals surface area contributed by atoms with Gasteiger partial charge in [0.25, 0.3) is 0 Å². The highest BCUT2D eigenvalue weighted by Gasteiger charge is 1.93. The second kappa shape index (κ2) is 3.71. The lowest BCUT2D eigenvalue weighted by Crippen LogP contribution is -1.99. The summed E-state index contributed by atoms with van der Waals surface area (Å²) in [5.74, 6) is 0. The van der Waals surface area contributed by atoms with Crippen molar-refractivity contribution in [1.82, 2.24) is 0 Å². The van der Waals surface area contributed by atoms with Crippen LogP contribution in [-0.4, -0.2) is 17.6 Å². The Bertz CT molecular complexity index is 201. The average Bonchev–Trinajstić information content (AvgIpc) is 1.85. The monoisotopic (exact) mass is 137 g/mol. The number of nitrogens with one attached hydrogen (secondary N) is 3. The summed E-state index contributed by atoms with van der Waals surface area (Å²) < 4.78 is 0. The first-order valence-corrected chi connectivity index (χ1v) is 2.90. The normalized spacial score (nSPS) is 10.8. The third-order valence-corrected chi connectivity index (χ3v) is 1.00. The predicted octanol–water partition coefficient (Wildman–Crippen LogP) is 1.64. The number of rotatable bonds is 3. The van der Waals surface area contributed by atoms with Crippen LogP contribution in [-0.2, 0) is 0 Å². The summed E-state index contributed by atoms with van der Waals surface area (Å²) in [5.41, 5.74) is 1.22. The van der Waals surface area contributed by atoms with Gasteiger partial charge in [0.2, 0.25) is 0 Å². The molecule has 0 unspecified atom stereocenters. The highest BCUT2D eigenvalue weighted by Crippen LogP contribution is 1.92. The molecule has 0 saturated carbocycles. The van der Waals surface area contributed by atoms with Crippen molar-refractivity contribution in [2.24, 2.45) is 0 Å². The van der Waals surface area contributed by atoms with Gasteiger partial charge < -0.3 is 10.8 Å². The van der Waals surface area contributed by atoms with E-state index in [9.17, 15) is 0 Å². The van der Waals surface area contributed by atoms with Crippen LogP contribution < -0.4 is 0 Å². The van der Waals surface area contributed by atoms with Crippen molar-refractivity contribution in [3.63, 3.8) is 0 Å². The Kier molecular flexibility index (Phi) is 3.25. The molecule has 0 rings (SSSR count). The van der Waals surface area contributed by atoms with Crippen LogP contribution >= 0.6 is 0 Å². The Hall–Kier alpha value is -1.25. The van der Waals surface area contributed by atoms with Gasteiger partial charge in [-0.1, -0.05) is 0 Å². The Morgan fingerprint density at radius 1 is 1.20 bits per heavy atom. The zero-order valence-electron chi connectivity index (χ0n) is 6.15. The fourth-order valence-corrected chi connectivity index (χ4v) is 0.516. The fraction of sp³-hybridized carbons (Fsp3) is 0.286. The molecule has 0 aromatic heterocycles. The maximum absolute atomic E-state index is 7.13. The first-order valence-electron chi connectivity index (χ1n) is 2.90. The van der Waals surface area contributed by atoms with Crippen LogP contribution in [0.15, 0.2) is 11.6 Å². The molecule has 54 valence electrons. The molecule has 0 aromatic rings. The van der Waals surface area contributed by atoms with Gasteiger partial charge in [-0.15, -0.1) is 0 Å². The lowest BCUT2D eigenvalue weighted by atomic mass is 10.1. The minimum Gasteiger partial charge on any atom is -0.307 e. The molecular weight excluding hydrogens is 126 g/mol. The molecule has 0 aliphatic heterocycles. The SMILES string of the molecule is CC(=N)/C=C(\C)C(=N)C=N. The van der Waals surface area contributed by atoms with Gasteiger partial charge in [-0.2, -0.15) is 0 Å². The van der Waals surface area contributed by atoms with E-state index in [1.807, 2.05) is 0 Å². The van der Waals surface area contributed by atoms with Crippen LogP contribution in [0.5, 0.6) is 0 Å². The molecule has 0 fully saturated rings. The summed E-state index contributed by atoms with van der Waals surface area (Å²) in [6.07, 6.45) is 2.53. The minimum atomic E-state index is 0.159. The van der Waals surface area contributed by atoms with Gasteiger partial charge in [-0.05, 0) is 25.5 Å². The maximum Gasteiger partial charge on any atom is 0.0745 e. The summed E-state index contributed by atoms with van der Waals surface area (Å²) in [6.45, 7) is 3.35. The molecule has 0 aromatic carbocycles. The topological polar surface area (TPSA) is 71.6 Å². The van der Waals surface area contributed by atoms with Gasteiger partial charge in [-0.3, -0.25) is 5.41 Å². The van der Waals surface area contributed by atoms with Crippen molar-refractivity contribution in [2.45, 2.75) is 13.8 Å².